The molecule has 222 valence electrons. The molecule has 4 rings (SSSR count). The van der Waals surface area contributed by atoms with Crippen LogP contribution in [0, 0.1) is 11.7 Å². The van der Waals surface area contributed by atoms with E-state index in [0.29, 0.717) is 37.2 Å². The molecular formula is C32H38FN5O4. The van der Waals surface area contributed by atoms with Gasteiger partial charge in [0.25, 0.3) is 11.8 Å². The van der Waals surface area contributed by atoms with E-state index < -0.39 is 18.0 Å². The molecule has 1 aliphatic heterocycles. The van der Waals surface area contributed by atoms with Crippen molar-refractivity contribution in [2.24, 2.45) is 11.7 Å². The highest BCUT2D eigenvalue weighted by Gasteiger charge is 2.31. The van der Waals surface area contributed by atoms with Gasteiger partial charge in [-0.3, -0.25) is 19.4 Å². The quantitative estimate of drug-likeness (QED) is 0.302. The molecule has 0 saturated carbocycles. The molecule has 9 nitrogen and oxygen atoms in total. The Morgan fingerprint density at radius 2 is 1.86 bits per heavy atom. The molecule has 1 aromatic heterocycles. The number of carbonyl (C=O) groups is 3. The summed E-state index contributed by atoms with van der Waals surface area (Å²) >= 11 is 0. The molecule has 2 heterocycles. The van der Waals surface area contributed by atoms with Crippen LogP contribution in [-0.2, 0) is 16.0 Å². The summed E-state index contributed by atoms with van der Waals surface area (Å²) in [6.45, 7) is 2.83. The van der Waals surface area contributed by atoms with Gasteiger partial charge in [-0.05, 0) is 67.6 Å². The fourth-order valence-corrected chi connectivity index (χ4v) is 5.21. The molecule has 1 saturated heterocycles. The van der Waals surface area contributed by atoms with Crippen LogP contribution in [0.25, 0.3) is 0 Å². The van der Waals surface area contributed by atoms with Gasteiger partial charge >= 0.3 is 0 Å². The van der Waals surface area contributed by atoms with Crippen LogP contribution in [0.15, 0.2) is 72.9 Å². The number of anilines is 1. The molecule has 1 aliphatic rings. The Bertz CT molecular complexity index is 1350. The van der Waals surface area contributed by atoms with Gasteiger partial charge in [0, 0.05) is 49.1 Å². The second-order valence-electron chi connectivity index (χ2n) is 10.7. The molecule has 0 radical (unpaired) electrons. The zero-order valence-corrected chi connectivity index (χ0v) is 24.0. The smallest absolute Gasteiger partial charge is 0.272 e. The number of hydrogen-bond acceptors (Lipinski definition) is 6. The number of benzene rings is 2. The predicted molar refractivity (Wildman–Crippen MR) is 158 cm³/mol. The summed E-state index contributed by atoms with van der Waals surface area (Å²) in [4.78, 5) is 45.5. The molecule has 42 heavy (non-hydrogen) atoms. The summed E-state index contributed by atoms with van der Waals surface area (Å²) in [5.41, 5.74) is 8.57. The van der Waals surface area contributed by atoms with Crippen LogP contribution in [0.1, 0.15) is 52.6 Å². The lowest BCUT2D eigenvalue weighted by atomic mass is 9.92. The first-order valence-corrected chi connectivity index (χ1v) is 14.2. The fraction of sp³-hybridized carbons (Fsp3) is 0.375. The van der Waals surface area contributed by atoms with Crippen molar-refractivity contribution in [1.82, 2.24) is 15.2 Å². The highest BCUT2D eigenvalue weighted by molar-refractivity contribution is 5.99. The highest BCUT2D eigenvalue weighted by Crippen LogP contribution is 2.21. The van der Waals surface area contributed by atoms with Gasteiger partial charge in [-0.1, -0.05) is 37.3 Å². The average molecular weight is 576 g/mol. The third-order valence-corrected chi connectivity index (χ3v) is 7.56. The molecule has 0 unspecified atom stereocenters. The minimum Gasteiger partial charge on any atom is -0.383 e. The normalized spacial score (nSPS) is 16.9. The molecule has 0 spiro atoms. The van der Waals surface area contributed by atoms with Crippen molar-refractivity contribution >= 4 is 23.4 Å². The Labute approximate surface area is 245 Å². The summed E-state index contributed by atoms with van der Waals surface area (Å²) in [5.74, 6) is -1.75. The van der Waals surface area contributed by atoms with Crippen LogP contribution < -0.4 is 16.4 Å². The molecule has 10 heteroatoms. The molecule has 3 amide bonds. The van der Waals surface area contributed by atoms with Crippen LogP contribution >= 0.6 is 0 Å². The van der Waals surface area contributed by atoms with E-state index in [4.69, 9.17) is 10.5 Å². The number of methoxy groups -OCH3 is 1. The van der Waals surface area contributed by atoms with E-state index >= 15 is 0 Å². The number of nitrogens with one attached hydrogen (secondary N) is 2. The first-order valence-electron chi connectivity index (χ1n) is 14.2. The number of rotatable bonds is 12. The number of nitrogens with zero attached hydrogens (tertiary/aromatic N) is 2. The number of nitrogens with two attached hydrogens (primary N) is 1. The molecule has 4 atom stereocenters. The van der Waals surface area contributed by atoms with Gasteiger partial charge in [0.05, 0.1) is 12.6 Å². The Balaban J connectivity index is 1.46. The van der Waals surface area contributed by atoms with Crippen LogP contribution in [0.4, 0.5) is 10.1 Å². The Kier molecular flexibility index (Phi) is 10.7. The number of carbonyl (C=O) groups excluding carboxylic acids is 3. The summed E-state index contributed by atoms with van der Waals surface area (Å²) in [7, 11) is 1.61. The molecule has 0 aliphatic carbocycles. The SMILES string of the molecule is COC[C@H]1CCCN1C(=O)c1cc(C(=O)N[C@@H](Cc2ccccc2)[C@@H](N)C[C@@H](C)C(=O)Nc2ccc(F)cc2)ccn1. The summed E-state index contributed by atoms with van der Waals surface area (Å²) in [6.07, 6.45) is 3.94. The number of pyridine rings is 1. The van der Waals surface area contributed by atoms with Gasteiger partial charge in [0.1, 0.15) is 11.5 Å². The van der Waals surface area contributed by atoms with Crippen LogP contribution in [0.3, 0.4) is 0 Å². The van der Waals surface area contributed by atoms with Gasteiger partial charge in [-0.15, -0.1) is 0 Å². The number of hydrogen-bond donors (Lipinski definition) is 3. The zero-order valence-electron chi connectivity index (χ0n) is 24.0. The fourth-order valence-electron chi connectivity index (χ4n) is 5.21. The van der Waals surface area contributed by atoms with Crippen molar-refractivity contribution in [2.45, 2.75) is 50.7 Å². The minimum atomic E-state index is -0.564. The van der Waals surface area contributed by atoms with Crippen molar-refractivity contribution < 1.29 is 23.5 Å². The van der Waals surface area contributed by atoms with E-state index in [1.807, 2.05) is 30.3 Å². The second kappa shape index (κ2) is 14.7. The number of amides is 3. The number of ether oxygens (including phenoxy) is 1. The summed E-state index contributed by atoms with van der Waals surface area (Å²) in [6, 6.07) is 17.2. The zero-order chi connectivity index (χ0) is 30.1. The lowest BCUT2D eigenvalue weighted by molar-refractivity contribution is -0.119. The monoisotopic (exact) mass is 575 g/mol. The van der Waals surface area contributed by atoms with E-state index in [0.717, 1.165) is 18.4 Å². The average Bonchev–Trinajstić information content (AvgIpc) is 3.46. The van der Waals surface area contributed by atoms with E-state index in [2.05, 4.69) is 15.6 Å². The van der Waals surface area contributed by atoms with E-state index in [1.54, 1.807) is 25.0 Å². The van der Waals surface area contributed by atoms with Gasteiger partial charge < -0.3 is 26.0 Å². The summed E-state index contributed by atoms with van der Waals surface area (Å²) < 4.78 is 18.5. The van der Waals surface area contributed by atoms with E-state index in [-0.39, 0.29) is 35.3 Å². The largest absolute Gasteiger partial charge is 0.383 e. The Hall–Kier alpha value is -4.15. The molecular weight excluding hydrogens is 537 g/mol. The third-order valence-electron chi connectivity index (χ3n) is 7.56. The number of likely N-dealkylation sites (tertiary alicyclic amines) is 1. The predicted octanol–water partition coefficient (Wildman–Crippen LogP) is 3.81. The first-order chi connectivity index (χ1) is 20.2. The molecule has 4 N–H and O–H groups in total. The second-order valence-corrected chi connectivity index (χ2v) is 10.7. The molecule has 2 aromatic carbocycles. The van der Waals surface area contributed by atoms with Crippen molar-refractivity contribution in [3.63, 3.8) is 0 Å². The maximum atomic E-state index is 13.5. The molecule has 3 aromatic rings. The lowest BCUT2D eigenvalue weighted by Crippen LogP contribution is -2.50. The van der Waals surface area contributed by atoms with Crippen LogP contribution in [0.2, 0.25) is 0 Å². The van der Waals surface area contributed by atoms with Gasteiger partial charge in [-0.25, -0.2) is 4.39 Å². The van der Waals surface area contributed by atoms with Crippen molar-refractivity contribution in [2.75, 3.05) is 25.6 Å². The lowest BCUT2D eigenvalue weighted by Gasteiger charge is -2.27. The standard InChI is InChI=1S/C32H38FN5O4/c1-21(30(39)36-25-12-10-24(33)11-13-25)17-27(34)28(18-22-7-4-3-5-8-22)37-31(40)23-14-15-35-29(19-23)32(41)38-16-6-9-26(38)20-42-2/h3-5,7-8,10-15,19,21,26-28H,6,9,16-18,20,34H2,1-2H3,(H,36,39)(H,37,40)/t21-,26-,27+,28+/m1/s1. The Morgan fingerprint density at radius 1 is 1.12 bits per heavy atom. The number of halogens is 1. The van der Waals surface area contributed by atoms with Gasteiger partial charge in [0.2, 0.25) is 5.91 Å². The number of aromatic nitrogens is 1. The summed E-state index contributed by atoms with van der Waals surface area (Å²) in [5, 5.41) is 5.82. The van der Waals surface area contributed by atoms with Crippen molar-refractivity contribution in [3.05, 3.63) is 95.6 Å². The van der Waals surface area contributed by atoms with Gasteiger partial charge in [0.15, 0.2) is 0 Å². The van der Waals surface area contributed by atoms with Crippen molar-refractivity contribution in [3.8, 4) is 0 Å². The topological polar surface area (TPSA) is 127 Å². The Morgan fingerprint density at radius 3 is 2.57 bits per heavy atom. The molecule has 1 fully saturated rings. The van der Waals surface area contributed by atoms with Crippen molar-refractivity contribution in [1.29, 1.82) is 0 Å². The maximum Gasteiger partial charge on any atom is 0.272 e. The van der Waals surface area contributed by atoms with Crippen LogP contribution in [0.5, 0.6) is 0 Å². The minimum absolute atomic E-state index is 0.0164. The molecule has 0 bridgehead atoms. The maximum absolute atomic E-state index is 13.5. The van der Waals surface area contributed by atoms with E-state index in [9.17, 15) is 18.8 Å². The highest BCUT2D eigenvalue weighted by atomic mass is 19.1. The third kappa shape index (κ3) is 8.20. The first kappa shape index (κ1) is 30.8. The van der Waals surface area contributed by atoms with Crippen LogP contribution in [-0.4, -0.2) is 66.0 Å². The van der Waals surface area contributed by atoms with E-state index in [1.165, 1.54) is 36.5 Å². The van der Waals surface area contributed by atoms with Gasteiger partial charge in [-0.2, -0.15) is 0 Å².